The Kier molecular flexibility index (Phi) is 2.67. The highest BCUT2D eigenvalue weighted by Crippen LogP contribution is 2.25. The van der Waals surface area contributed by atoms with Crippen LogP contribution in [0.2, 0.25) is 0 Å². The summed E-state index contributed by atoms with van der Waals surface area (Å²) in [5.41, 5.74) is 7.66. The van der Waals surface area contributed by atoms with Gasteiger partial charge in [-0.2, -0.15) is 5.26 Å². The lowest BCUT2D eigenvalue weighted by Crippen LogP contribution is -2.13. The zero-order chi connectivity index (χ0) is 12.4. The Hall–Kier alpha value is -2.54. The average Bonchev–Trinajstić information content (AvgIpc) is 2.28. The summed E-state index contributed by atoms with van der Waals surface area (Å²) in [7, 11) is 0. The van der Waals surface area contributed by atoms with Crippen LogP contribution in [0.25, 0.3) is 11.1 Å². The molecule has 0 atom stereocenters. The quantitative estimate of drug-likeness (QED) is 0.776. The zero-order valence-electron chi connectivity index (χ0n) is 9.32. The van der Waals surface area contributed by atoms with Crippen LogP contribution >= 0.6 is 0 Å². The minimum absolute atomic E-state index is 0.0912. The molecule has 0 unspecified atom stereocenters. The second-order valence-electron chi connectivity index (χ2n) is 3.77. The molecule has 0 spiro atoms. The molecular weight excluding hydrogens is 214 g/mol. The second kappa shape index (κ2) is 4.14. The van der Waals surface area contributed by atoms with Crippen LogP contribution in [0, 0.1) is 18.3 Å². The molecule has 4 heteroatoms. The van der Waals surface area contributed by atoms with Gasteiger partial charge in [0.1, 0.15) is 17.5 Å². The summed E-state index contributed by atoms with van der Waals surface area (Å²) in [5.74, 6) is 0.257. The van der Waals surface area contributed by atoms with Crippen molar-refractivity contribution >= 4 is 5.82 Å². The molecule has 2 rings (SSSR count). The van der Waals surface area contributed by atoms with Gasteiger partial charge in [-0.3, -0.25) is 4.79 Å². The first-order chi connectivity index (χ1) is 8.13. The third-order valence-corrected chi connectivity index (χ3v) is 2.60. The van der Waals surface area contributed by atoms with E-state index in [1.165, 1.54) is 0 Å². The van der Waals surface area contributed by atoms with Crippen LogP contribution in [0.1, 0.15) is 11.1 Å². The maximum absolute atomic E-state index is 11.6. The number of nitriles is 1. The standard InChI is InChI=1S/C13H11N3O/c1-8-4-2-3-5-9(8)10-6-12(15)16-13(17)11(10)7-14/h2-6H,1H3,(H3,15,16,17). The van der Waals surface area contributed by atoms with Crippen molar-refractivity contribution < 1.29 is 0 Å². The van der Waals surface area contributed by atoms with Gasteiger partial charge in [0.15, 0.2) is 0 Å². The number of aryl methyl sites for hydroxylation is 1. The number of hydrogen-bond acceptors (Lipinski definition) is 3. The smallest absolute Gasteiger partial charge is 0.268 e. The number of pyridine rings is 1. The van der Waals surface area contributed by atoms with Gasteiger partial charge in [-0.1, -0.05) is 24.3 Å². The van der Waals surface area contributed by atoms with Crippen LogP contribution in [-0.2, 0) is 0 Å². The number of anilines is 1. The fraction of sp³-hybridized carbons (Fsp3) is 0.0769. The molecular formula is C13H11N3O. The summed E-state index contributed by atoms with van der Waals surface area (Å²) in [6, 6.07) is 11.1. The number of nitrogens with two attached hydrogens (primary N) is 1. The molecule has 0 aliphatic carbocycles. The van der Waals surface area contributed by atoms with Crippen molar-refractivity contribution in [3.63, 3.8) is 0 Å². The van der Waals surface area contributed by atoms with Crippen LogP contribution in [0.3, 0.4) is 0 Å². The summed E-state index contributed by atoms with van der Waals surface area (Å²) >= 11 is 0. The molecule has 0 saturated carbocycles. The van der Waals surface area contributed by atoms with Crippen molar-refractivity contribution in [2.45, 2.75) is 6.92 Å². The van der Waals surface area contributed by atoms with Crippen molar-refractivity contribution in [3.8, 4) is 17.2 Å². The van der Waals surface area contributed by atoms with Gasteiger partial charge in [0, 0.05) is 5.56 Å². The number of nitrogens with zero attached hydrogens (tertiary/aromatic N) is 1. The lowest BCUT2D eigenvalue weighted by molar-refractivity contribution is 1.22. The first-order valence-electron chi connectivity index (χ1n) is 5.12. The van der Waals surface area contributed by atoms with Gasteiger partial charge in [0.2, 0.25) is 0 Å². The highest BCUT2D eigenvalue weighted by molar-refractivity contribution is 5.74. The number of rotatable bonds is 1. The van der Waals surface area contributed by atoms with Crippen LogP contribution < -0.4 is 11.3 Å². The lowest BCUT2D eigenvalue weighted by Gasteiger charge is -2.07. The van der Waals surface area contributed by atoms with Crippen LogP contribution in [0.4, 0.5) is 5.82 Å². The highest BCUT2D eigenvalue weighted by Gasteiger charge is 2.11. The molecule has 0 bridgehead atoms. The molecule has 4 nitrogen and oxygen atoms in total. The van der Waals surface area contributed by atoms with Crippen molar-refractivity contribution in [2.75, 3.05) is 5.73 Å². The molecule has 1 heterocycles. The lowest BCUT2D eigenvalue weighted by atomic mass is 9.98. The van der Waals surface area contributed by atoms with Crippen LogP contribution in [0.5, 0.6) is 0 Å². The molecule has 0 fully saturated rings. The van der Waals surface area contributed by atoms with E-state index >= 15 is 0 Å². The first kappa shape index (κ1) is 11.0. The molecule has 0 aliphatic rings. The van der Waals surface area contributed by atoms with Gasteiger partial charge in [-0.15, -0.1) is 0 Å². The van der Waals surface area contributed by atoms with E-state index in [4.69, 9.17) is 11.0 Å². The van der Waals surface area contributed by atoms with E-state index < -0.39 is 5.56 Å². The summed E-state index contributed by atoms with van der Waals surface area (Å²) < 4.78 is 0. The van der Waals surface area contributed by atoms with E-state index in [1.807, 2.05) is 37.3 Å². The topological polar surface area (TPSA) is 82.7 Å². The molecule has 84 valence electrons. The van der Waals surface area contributed by atoms with Crippen LogP contribution in [0.15, 0.2) is 35.1 Å². The summed E-state index contributed by atoms with van der Waals surface area (Å²) in [4.78, 5) is 14.0. The minimum atomic E-state index is -0.453. The number of H-pyrrole nitrogens is 1. The Bertz CT molecular complexity index is 665. The molecule has 1 aromatic heterocycles. The third-order valence-electron chi connectivity index (χ3n) is 2.60. The Morgan fingerprint density at radius 3 is 2.65 bits per heavy atom. The van der Waals surface area contributed by atoms with Gasteiger partial charge < -0.3 is 10.7 Å². The summed E-state index contributed by atoms with van der Waals surface area (Å²) in [6.07, 6.45) is 0. The second-order valence-corrected chi connectivity index (χ2v) is 3.77. The number of aromatic amines is 1. The molecule has 0 amide bonds. The van der Waals surface area contributed by atoms with E-state index in [0.717, 1.165) is 11.1 Å². The monoisotopic (exact) mass is 225 g/mol. The molecule has 1 aromatic carbocycles. The predicted octanol–water partition coefficient (Wildman–Crippen LogP) is 1.80. The molecule has 0 aliphatic heterocycles. The van der Waals surface area contributed by atoms with Crippen molar-refractivity contribution in [1.82, 2.24) is 4.98 Å². The maximum Gasteiger partial charge on any atom is 0.268 e. The molecule has 17 heavy (non-hydrogen) atoms. The van der Waals surface area contributed by atoms with E-state index in [2.05, 4.69) is 4.98 Å². The number of benzene rings is 1. The number of nitrogens with one attached hydrogen (secondary N) is 1. The fourth-order valence-electron chi connectivity index (χ4n) is 1.78. The maximum atomic E-state index is 11.6. The van der Waals surface area contributed by atoms with Crippen molar-refractivity contribution in [3.05, 3.63) is 51.8 Å². The van der Waals surface area contributed by atoms with Gasteiger partial charge in [0.25, 0.3) is 5.56 Å². The van der Waals surface area contributed by atoms with E-state index in [9.17, 15) is 4.79 Å². The Labute approximate surface area is 98.3 Å². The van der Waals surface area contributed by atoms with E-state index in [0.29, 0.717) is 5.56 Å². The predicted molar refractivity (Wildman–Crippen MR) is 66.4 cm³/mol. The molecule has 0 saturated heterocycles. The third kappa shape index (κ3) is 1.91. The van der Waals surface area contributed by atoms with Gasteiger partial charge in [-0.25, -0.2) is 0 Å². The fourth-order valence-corrected chi connectivity index (χ4v) is 1.78. The normalized spacial score (nSPS) is 9.88. The summed E-state index contributed by atoms with van der Waals surface area (Å²) in [5, 5.41) is 9.03. The van der Waals surface area contributed by atoms with Crippen molar-refractivity contribution in [2.24, 2.45) is 0 Å². The first-order valence-corrected chi connectivity index (χ1v) is 5.12. The number of nitrogen functional groups attached to an aromatic ring is 1. The van der Waals surface area contributed by atoms with Gasteiger partial charge in [0.05, 0.1) is 0 Å². The Balaban J connectivity index is 2.81. The number of aromatic nitrogens is 1. The minimum Gasteiger partial charge on any atom is -0.385 e. The SMILES string of the molecule is Cc1ccccc1-c1cc(N)[nH]c(=O)c1C#N. The Morgan fingerprint density at radius 1 is 1.29 bits per heavy atom. The summed E-state index contributed by atoms with van der Waals surface area (Å²) in [6.45, 7) is 1.92. The van der Waals surface area contributed by atoms with Gasteiger partial charge >= 0.3 is 0 Å². The largest absolute Gasteiger partial charge is 0.385 e. The molecule has 2 aromatic rings. The highest BCUT2D eigenvalue weighted by atomic mass is 16.1. The van der Waals surface area contributed by atoms with Crippen molar-refractivity contribution in [1.29, 1.82) is 5.26 Å². The molecule has 3 N–H and O–H groups in total. The van der Waals surface area contributed by atoms with Crippen LogP contribution in [-0.4, -0.2) is 4.98 Å². The average molecular weight is 225 g/mol. The Morgan fingerprint density at radius 2 is 2.00 bits per heavy atom. The van der Waals surface area contributed by atoms with E-state index in [-0.39, 0.29) is 11.4 Å². The number of hydrogen-bond donors (Lipinski definition) is 2. The zero-order valence-corrected chi connectivity index (χ0v) is 9.32. The van der Waals surface area contributed by atoms with E-state index in [1.54, 1.807) is 6.07 Å². The van der Waals surface area contributed by atoms with Gasteiger partial charge in [-0.05, 0) is 24.1 Å². The molecule has 0 radical (unpaired) electrons.